The van der Waals surface area contributed by atoms with E-state index in [9.17, 15) is 56.6 Å². The average Bonchev–Trinajstić information content (AvgIpc) is 3.98. The molecule has 2 fully saturated rings. The van der Waals surface area contributed by atoms with Gasteiger partial charge in [0.05, 0.1) is 83.9 Å². The number of azide groups is 1. The number of rotatable bonds is 48. The molecule has 0 aromatic heterocycles. The molecule has 8 N–H and O–H groups in total. The van der Waals surface area contributed by atoms with Gasteiger partial charge in [0.25, 0.3) is 0 Å². The first kappa shape index (κ1) is 81.6. The molecular weight excluding hydrogens is 1320 g/mol. The van der Waals surface area contributed by atoms with Crippen LogP contribution in [0.4, 0.5) is 0 Å². The summed E-state index contributed by atoms with van der Waals surface area (Å²) < 4.78 is 136. The number of carbonyl (C=O) groups is 2. The lowest BCUT2D eigenvalue weighted by atomic mass is 10.0. The summed E-state index contributed by atoms with van der Waals surface area (Å²) in [5, 5.41) is 3.40. The molecule has 2 rings (SSSR count). The smallest absolute Gasteiger partial charge is 0.379 e. The molecule has 0 aromatic carbocycles. The van der Waals surface area contributed by atoms with Crippen LogP contribution in [0.5, 0.6) is 0 Å². The highest BCUT2D eigenvalue weighted by atomic mass is 33.1. The predicted molar refractivity (Wildman–Crippen MR) is 305 cm³/mol. The third-order valence-corrected chi connectivity index (χ3v) is 24.0. The van der Waals surface area contributed by atoms with E-state index in [1.807, 2.05) is 27.7 Å². The van der Waals surface area contributed by atoms with Crippen LogP contribution < -0.4 is 0 Å². The van der Waals surface area contributed by atoms with Gasteiger partial charge in [-0.1, -0.05) is 55.2 Å². The van der Waals surface area contributed by atoms with Gasteiger partial charge in [-0.25, -0.2) is 27.4 Å². The summed E-state index contributed by atoms with van der Waals surface area (Å²) in [6, 6.07) is 0. The normalized spacial score (nSPS) is 22.6. The van der Waals surface area contributed by atoms with E-state index >= 15 is 0 Å². The van der Waals surface area contributed by atoms with Crippen LogP contribution in [0.25, 0.3) is 10.4 Å². The summed E-state index contributed by atoms with van der Waals surface area (Å²) in [4.78, 5) is 99.1. The van der Waals surface area contributed by atoms with Crippen molar-refractivity contribution < 1.29 is 140 Å². The largest absolute Gasteiger partial charge is 0.490 e. The molecule has 6 unspecified atom stereocenters. The minimum absolute atomic E-state index is 0.0963. The zero-order chi connectivity index (χ0) is 63.0. The number of Topliss-reactive ketones (excluding diaryl/α,β-unsaturated/α-hetero) is 2. The first-order valence-corrected chi connectivity index (χ1v) is 39.1. The van der Waals surface area contributed by atoms with E-state index in [-0.39, 0.29) is 45.1 Å². The zero-order valence-corrected chi connectivity index (χ0v) is 55.6. The molecule has 2 aliphatic rings. The quantitative estimate of drug-likeness (QED) is 0.00537. The van der Waals surface area contributed by atoms with Crippen molar-refractivity contribution in [2.24, 2.45) is 5.11 Å². The highest BCUT2D eigenvalue weighted by Gasteiger charge is 2.44. The van der Waals surface area contributed by atoms with Crippen molar-refractivity contribution in [3.8, 4) is 0 Å². The van der Waals surface area contributed by atoms with Gasteiger partial charge < -0.3 is 77.0 Å². The van der Waals surface area contributed by atoms with Gasteiger partial charge in [0.2, 0.25) is 0 Å². The first-order chi connectivity index (χ1) is 38.4. The van der Waals surface area contributed by atoms with Crippen molar-refractivity contribution in [1.29, 1.82) is 0 Å². The van der Waals surface area contributed by atoms with Crippen LogP contribution in [0.3, 0.4) is 0 Å². The molecule has 0 bridgehead atoms. The molecule has 490 valence electrons. The molecule has 43 heteroatoms. The number of phosphoric acid groups is 6. The zero-order valence-electron chi connectivity index (χ0n) is 46.9. The number of hydrogen-bond donors (Lipinski definition) is 8. The number of hydrogen-bond acceptors (Lipinski definition) is 27. The summed E-state index contributed by atoms with van der Waals surface area (Å²) in [7, 11) is -26.8. The van der Waals surface area contributed by atoms with Crippen molar-refractivity contribution in [3.05, 3.63) is 10.4 Å². The summed E-state index contributed by atoms with van der Waals surface area (Å²) in [5.41, 5.74) is 8.24. The molecule has 0 aliphatic carbocycles. The Morgan fingerprint density at radius 2 is 0.940 bits per heavy atom. The van der Waals surface area contributed by atoms with E-state index in [4.69, 9.17) is 63.0 Å². The van der Waals surface area contributed by atoms with Gasteiger partial charge in [0.1, 0.15) is 35.7 Å². The van der Waals surface area contributed by atoms with Gasteiger partial charge in [-0.2, -0.15) is 17.2 Å². The van der Waals surface area contributed by atoms with Gasteiger partial charge in [-0.05, 0) is 72.8 Å². The van der Waals surface area contributed by atoms with E-state index in [2.05, 4.69) is 43.2 Å². The van der Waals surface area contributed by atoms with Crippen LogP contribution >= 0.6 is 90.1 Å². The number of nitrogens with zero attached hydrogens (tertiary/aromatic N) is 3. The summed E-state index contributed by atoms with van der Waals surface area (Å²) >= 11 is 0. The van der Waals surface area contributed by atoms with Crippen LogP contribution in [0.1, 0.15) is 113 Å². The second-order valence-electron chi connectivity index (χ2n) is 19.1. The topological polar surface area (TPSA) is 476 Å². The van der Waals surface area contributed by atoms with Gasteiger partial charge >= 0.3 is 46.9 Å². The number of ketones is 2. The summed E-state index contributed by atoms with van der Waals surface area (Å²) in [6.45, 7) is 16.6. The van der Waals surface area contributed by atoms with Crippen LogP contribution in [0, 0.1) is 0 Å². The Bertz CT molecular complexity index is 2250. The van der Waals surface area contributed by atoms with Gasteiger partial charge in [-0.15, -0.1) is 0 Å². The fourth-order valence-electron chi connectivity index (χ4n) is 6.72. The Kier molecular flexibility index (Phi) is 40.4. The lowest BCUT2D eigenvalue weighted by molar-refractivity contribution is -0.120. The van der Waals surface area contributed by atoms with Crippen LogP contribution in [0.2, 0.25) is 0 Å². The SMILES string of the molecule is CCCOCCOCCOCCOCCC(=O)CCC(C)(C)SSCOC1C[C@H](C)O[C@@H]1COP(=O)(O)OP(=O)(O)OP(=O)(O)O.C[C@H]1CC(OCSSC(C)(C)CCC(=O)CCCN=[N+]=[N-])[C@@H](COP(=O)(O)OP(=O)(O)OP(=O)(O)O)O1. The molecule has 2 heterocycles. The van der Waals surface area contributed by atoms with Crippen molar-refractivity contribution in [3.63, 3.8) is 0 Å². The Labute approximate surface area is 498 Å². The maximum atomic E-state index is 12.3. The van der Waals surface area contributed by atoms with Crippen LogP contribution in [0.15, 0.2) is 5.11 Å². The number of ether oxygens (including phenoxy) is 8. The molecule has 0 spiro atoms. The van der Waals surface area contributed by atoms with Crippen molar-refractivity contribution in [1.82, 2.24) is 0 Å². The molecule has 2 aliphatic heterocycles. The summed E-state index contributed by atoms with van der Waals surface area (Å²) in [5.74, 6) is 0.648. The van der Waals surface area contributed by atoms with Crippen LogP contribution in [-0.2, 0) is 101 Å². The number of carbonyl (C=O) groups excluding carboxylic acids is 2. The molecule has 2 saturated heterocycles. The molecule has 0 radical (unpaired) electrons. The van der Waals surface area contributed by atoms with E-state index in [0.29, 0.717) is 111 Å². The Balaban J connectivity index is 0.000000850. The number of phosphoric ester groups is 2. The standard InChI is InChI=1S/C24H49O17P3S2.C16H32N3O13P3S2/c1-5-9-33-11-13-35-15-16-36-14-12-34-10-7-21(25)6-8-24(3,4)46-45-19-37-22-17-20(2)39-23(22)18-38-43(29,30)41-44(31,32)40-42(26,27)28;1-12-9-14(15(30-12)10-29-34(24,25)32-35(26,27)31-33(21,22)23)28-11-36-37-16(2,3)7-6-13(20)5-4-8-18-19-17/h20,22-23H,5-19H2,1-4H3,(H,29,30)(H,31,32)(H2,26,27,28);12,14-15H,4-11H2,1-3H3,(H,24,25)(H,26,27)(H2,21,22,23)/t20-,22?,23+;12-,14?,15+/m00/s1. The molecule has 33 nitrogen and oxygen atoms in total. The molecular formula is C40H81N3O30P6S4. The second kappa shape index (κ2) is 41.1. The lowest BCUT2D eigenvalue weighted by Crippen LogP contribution is -2.29. The molecule has 83 heavy (non-hydrogen) atoms. The Morgan fingerprint density at radius 1 is 0.566 bits per heavy atom. The third-order valence-electron chi connectivity index (χ3n) is 10.4. The minimum atomic E-state index is -5.61. The van der Waals surface area contributed by atoms with Gasteiger partial charge in [0.15, 0.2) is 0 Å². The highest BCUT2D eigenvalue weighted by Crippen LogP contribution is 2.67. The van der Waals surface area contributed by atoms with Crippen molar-refractivity contribution in [2.75, 3.05) is 84.5 Å². The highest BCUT2D eigenvalue weighted by molar-refractivity contribution is 8.77. The fraction of sp³-hybridized carbons (Fsp3) is 0.950. The van der Waals surface area contributed by atoms with Crippen molar-refractivity contribution >= 4 is 102 Å². The maximum absolute atomic E-state index is 12.3. The first-order valence-electron chi connectivity index (χ1n) is 25.4. The summed E-state index contributed by atoms with van der Waals surface area (Å²) in [6.07, 6.45) is 1.80. The fourth-order valence-corrected chi connectivity index (χ4v) is 17.4. The average molecular weight is 1400 g/mol. The van der Waals surface area contributed by atoms with E-state index in [0.717, 1.165) is 13.0 Å². The van der Waals surface area contributed by atoms with Crippen LogP contribution in [-0.4, -0.2) is 181 Å². The molecule has 0 amide bonds. The lowest BCUT2D eigenvalue weighted by Gasteiger charge is -2.24. The van der Waals surface area contributed by atoms with E-state index in [1.54, 1.807) is 24.6 Å². The Morgan fingerprint density at radius 3 is 1.31 bits per heavy atom. The molecule has 0 aromatic rings. The minimum Gasteiger partial charge on any atom is -0.379 e. The maximum Gasteiger partial charge on any atom is 0.490 e. The monoisotopic (exact) mass is 1400 g/mol. The molecule has 0 saturated carbocycles. The van der Waals surface area contributed by atoms with E-state index < -0.39 is 84.6 Å². The van der Waals surface area contributed by atoms with Gasteiger partial charge in [0, 0.05) is 66.1 Å². The van der Waals surface area contributed by atoms with Gasteiger partial charge in [-0.3, -0.25) is 18.6 Å². The van der Waals surface area contributed by atoms with Crippen molar-refractivity contribution in [2.45, 2.75) is 159 Å². The Hall–Kier alpha value is 0.550. The predicted octanol–water partition coefficient (Wildman–Crippen LogP) is 8.68. The van der Waals surface area contributed by atoms with E-state index in [1.165, 1.54) is 32.4 Å². The third kappa shape index (κ3) is 44.6. The molecule has 10 atom stereocenters. The second-order valence-corrected chi connectivity index (χ2v) is 33.9.